The minimum atomic E-state index is 0.231. The van der Waals surface area contributed by atoms with Gasteiger partial charge in [-0.1, -0.05) is 42.1 Å². The fourth-order valence-corrected chi connectivity index (χ4v) is 1.96. The molecule has 0 heterocycles. The topological polar surface area (TPSA) is 17.1 Å². The van der Waals surface area contributed by atoms with Crippen molar-refractivity contribution in [2.45, 2.75) is 18.6 Å². The lowest BCUT2D eigenvalue weighted by Gasteiger charge is -1.99. The van der Waals surface area contributed by atoms with Crippen LogP contribution in [0.5, 0.6) is 0 Å². The molecule has 14 heavy (non-hydrogen) atoms. The van der Waals surface area contributed by atoms with Crippen LogP contribution in [-0.4, -0.2) is 11.0 Å². The highest BCUT2D eigenvalue weighted by Gasteiger charge is 2.02. The average molecular weight is 229 g/mol. The number of alkyl halides is 1. The smallest absolute Gasteiger partial charge is 0.189 e. The molecule has 0 aliphatic rings. The molecule has 1 rings (SSSR count). The van der Waals surface area contributed by atoms with Crippen LogP contribution in [0.4, 0.5) is 0 Å². The number of rotatable bonds is 5. The second-order valence-corrected chi connectivity index (χ2v) is 4.35. The number of halogens is 1. The highest BCUT2D eigenvalue weighted by molar-refractivity contribution is 8.12. The van der Waals surface area contributed by atoms with Crippen LogP contribution in [0.2, 0.25) is 0 Å². The highest BCUT2D eigenvalue weighted by Crippen LogP contribution is 2.15. The lowest BCUT2D eigenvalue weighted by atomic mass is 10.2. The Balaban J connectivity index is 2.24. The summed E-state index contributed by atoms with van der Waals surface area (Å²) in [5.41, 5.74) is 1.19. The van der Waals surface area contributed by atoms with Crippen molar-refractivity contribution in [1.29, 1.82) is 0 Å². The third kappa shape index (κ3) is 4.68. The lowest BCUT2D eigenvalue weighted by Crippen LogP contribution is -1.93. The van der Waals surface area contributed by atoms with Crippen molar-refractivity contribution in [1.82, 2.24) is 0 Å². The standard InChI is InChI=1S/C11H13ClOS/c12-8-4-7-11(13)14-9-10-5-2-1-3-6-10/h1-3,5-6H,4,7-9H2. The second-order valence-electron chi connectivity index (χ2n) is 2.94. The molecule has 3 heteroatoms. The molecule has 0 N–H and O–H groups in total. The molecule has 0 unspecified atom stereocenters. The minimum Gasteiger partial charge on any atom is -0.287 e. The fraction of sp³-hybridized carbons (Fsp3) is 0.364. The molecule has 0 saturated heterocycles. The van der Waals surface area contributed by atoms with Gasteiger partial charge in [-0.3, -0.25) is 4.79 Å². The summed E-state index contributed by atoms with van der Waals surface area (Å²) in [5, 5.41) is 0.231. The van der Waals surface area contributed by atoms with Gasteiger partial charge >= 0.3 is 0 Å². The Kier molecular flexibility index (Phi) is 5.72. The van der Waals surface area contributed by atoms with E-state index in [4.69, 9.17) is 11.6 Å². The molecule has 0 bridgehead atoms. The monoisotopic (exact) mass is 228 g/mol. The van der Waals surface area contributed by atoms with E-state index in [0.717, 1.165) is 12.2 Å². The third-order valence-electron chi connectivity index (χ3n) is 1.76. The zero-order chi connectivity index (χ0) is 10.2. The second kappa shape index (κ2) is 6.91. The molecule has 0 aromatic heterocycles. The van der Waals surface area contributed by atoms with Crippen LogP contribution in [-0.2, 0) is 10.5 Å². The Labute approximate surface area is 93.8 Å². The van der Waals surface area contributed by atoms with Gasteiger partial charge in [-0.25, -0.2) is 0 Å². The summed E-state index contributed by atoms with van der Waals surface area (Å²) < 4.78 is 0. The average Bonchev–Trinajstić information content (AvgIpc) is 2.25. The van der Waals surface area contributed by atoms with Crippen molar-refractivity contribution in [3.63, 3.8) is 0 Å². The van der Waals surface area contributed by atoms with Gasteiger partial charge in [0.2, 0.25) is 0 Å². The number of carbonyl (C=O) groups excluding carboxylic acids is 1. The SMILES string of the molecule is O=C(CCCCl)SCc1ccccc1. The van der Waals surface area contributed by atoms with Crippen molar-refractivity contribution >= 4 is 28.5 Å². The quantitative estimate of drug-likeness (QED) is 0.718. The first-order chi connectivity index (χ1) is 6.83. The molecule has 0 fully saturated rings. The van der Waals surface area contributed by atoms with Gasteiger partial charge < -0.3 is 0 Å². The first-order valence-corrected chi connectivity index (χ1v) is 6.10. The Morgan fingerprint density at radius 1 is 1.29 bits per heavy atom. The van der Waals surface area contributed by atoms with Crippen molar-refractivity contribution < 1.29 is 4.79 Å². The Morgan fingerprint density at radius 2 is 2.00 bits per heavy atom. The van der Waals surface area contributed by atoms with Crippen molar-refractivity contribution in [2.24, 2.45) is 0 Å². The van der Waals surface area contributed by atoms with E-state index < -0.39 is 0 Å². The maximum Gasteiger partial charge on any atom is 0.189 e. The molecular formula is C11H13ClOS. The highest BCUT2D eigenvalue weighted by atomic mass is 35.5. The van der Waals surface area contributed by atoms with Crippen molar-refractivity contribution in [3.05, 3.63) is 35.9 Å². The first kappa shape index (κ1) is 11.6. The third-order valence-corrected chi connectivity index (χ3v) is 3.03. The van der Waals surface area contributed by atoms with Crippen LogP contribution < -0.4 is 0 Å². The predicted molar refractivity (Wildman–Crippen MR) is 62.7 cm³/mol. The number of hydrogen-bond donors (Lipinski definition) is 0. The summed E-state index contributed by atoms with van der Waals surface area (Å²) >= 11 is 6.87. The zero-order valence-electron chi connectivity index (χ0n) is 7.91. The van der Waals surface area contributed by atoms with Gasteiger partial charge in [-0.05, 0) is 12.0 Å². The van der Waals surface area contributed by atoms with Crippen LogP contribution in [0.1, 0.15) is 18.4 Å². The van der Waals surface area contributed by atoms with Gasteiger partial charge in [0.25, 0.3) is 0 Å². The molecule has 0 aliphatic carbocycles. The fourth-order valence-electron chi connectivity index (χ4n) is 1.02. The Hall–Kier alpha value is -0.470. The van der Waals surface area contributed by atoms with Crippen LogP contribution >= 0.6 is 23.4 Å². The summed E-state index contributed by atoms with van der Waals surface area (Å²) in [6, 6.07) is 10.0. The molecule has 1 aromatic carbocycles. The van der Waals surface area contributed by atoms with Crippen LogP contribution in [0, 0.1) is 0 Å². The minimum absolute atomic E-state index is 0.231. The van der Waals surface area contributed by atoms with Gasteiger partial charge in [0.15, 0.2) is 5.12 Å². The maximum atomic E-state index is 11.3. The summed E-state index contributed by atoms with van der Waals surface area (Å²) in [6.45, 7) is 0. The summed E-state index contributed by atoms with van der Waals surface area (Å²) in [5.74, 6) is 1.33. The van der Waals surface area contributed by atoms with E-state index in [2.05, 4.69) is 0 Å². The lowest BCUT2D eigenvalue weighted by molar-refractivity contribution is -0.111. The molecule has 0 spiro atoms. The summed E-state index contributed by atoms with van der Waals surface area (Å²) in [6.07, 6.45) is 1.36. The number of thioether (sulfide) groups is 1. The van der Waals surface area contributed by atoms with Gasteiger partial charge in [-0.2, -0.15) is 0 Å². The van der Waals surface area contributed by atoms with Crippen molar-refractivity contribution in [2.75, 3.05) is 5.88 Å². The Bertz CT molecular complexity index is 274. The molecule has 0 aliphatic heterocycles. The first-order valence-electron chi connectivity index (χ1n) is 4.58. The van der Waals surface area contributed by atoms with Crippen LogP contribution in [0.3, 0.4) is 0 Å². The van der Waals surface area contributed by atoms with Gasteiger partial charge in [0.05, 0.1) is 0 Å². The summed E-state index contributed by atoms with van der Waals surface area (Å²) in [7, 11) is 0. The van der Waals surface area contributed by atoms with Gasteiger partial charge in [0, 0.05) is 18.1 Å². The predicted octanol–water partition coefficient (Wildman–Crippen LogP) is 3.47. The number of hydrogen-bond acceptors (Lipinski definition) is 2. The zero-order valence-corrected chi connectivity index (χ0v) is 9.48. The van der Waals surface area contributed by atoms with E-state index in [0.29, 0.717) is 12.3 Å². The molecule has 76 valence electrons. The van der Waals surface area contributed by atoms with Crippen LogP contribution in [0.25, 0.3) is 0 Å². The number of carbonyl (C=O) groups is 1. The van der Waals surface area contributed by atoms with Crippen molar-refractivity contribution in [3.8, 4) is 0 Å². The van der Waals surface area contributed by atoms with E-state index >= 15 is 0 Å². The van der Waals surface area contributed by atoms with E-state index in [9.17, 15) is 4.79 Å². The molecular weight excluding hydrogens is 216 g/mol. The largest absolute Gasteiger partial charge is 0.287 e. The summed E-state index contributed by atoms with van der Waals surface area (Å²) in [4.78, 5) is 11.3. The normalized spacial score (nSPS) is 10.1. The molecule has 0 atom stereocenters. The van der Waals surface area contributed by atoms with Gasteiger partial charge in [-0.15, -0.1) is 11.6 Å². The Morgan fingerprint density at radius 3 is 2.64 bits per heavy atom. The molecule has 0 radical (unpaired) electrons. The van der Waals surface area contributed by atoms with E-state index in [1.54, 1.807) is 0 Å². The molecule has 0 amide bonds. The molecule has 1 aromatic rings. The van der Waals surface area contributed by atoms with E-state index in [-0.39, 0.29) is 5.12 Å². The number of benzene rings is 1. The van der Waals surface area contributed by atoms with Gasteiger partial charge in [0.1, 0.15) is 0 Å². The molecule has 0 saturated carbocycles. The van der Waals surface area contributed by atoms with E-state index in [1.165, 1.54) is 17.3 Å². The van der Waals surface area contributed by atoms with Crippen LogP contribution in [0.15, 0.2) is 30.3 Å². The van der Waals surface area contributed by atoms with E-state index in [1.807, 2.05) is 30.3 Å². The molecule has 1 nitrogen and oxygen atoms in total. The maximum absolute atomic E-state index is 11.3.